The molecule has 1 amide bonds. The summed E-state index contributed by atoms with van der Waals surface area (Å²) in [6.07, 6.45) is -0.185. The largest absolute Gasteiger partial charge is 0.486 e. The van der Waals surface area contributed by atoms with Gasteiger partial charge in [0.05, 0.1) is 6.54 Å². The quantitative estimate of drug-likeness (QED) is 0.852. The highest BCUT2D eigenvalue weighted by Gasteiger charge is 2.31. The zero-order valence-corrected chi connectivity index (χ0v) is 16.5. The molecule has 148 valence electrons. The van der Waals surface area contributed by atoms with Crippen LogP contribution in [0.5, 0.6) is 11.5 Å². The summed E-state index contributed by atoms with van der Waals surface area (Å²) in [5.41, 5.74) is 8.42. The van der Waals surface area contributed by atoms with Gasteiger partial charge in [-0.3, -0.25) is 15.6 Å². The molecule has 0 saturated carbocycles. The fraction of sp³-hybridized carbons (Fsp3) is 0.409. The molecule has 2 N–H and O–H groups in total. The number of hydrogen-bond donors (Lipinski definition) is 2. The van der Waals surface area contributed by atoms with Gasteiger partial charge in [-0.05, 0) is 43.7 Å². The Labute approximate surface area is 165 Å². The number of fused-ring (bicyclic) bond motifs is 1. The van der Waals surface area contributed by atoms with Crippen molar-refractivity contribution in [2.45, 2.75) is 38.0 Å². The van der Waals surface area contributed by atoms with Gasteiger partial charge in [0.1, 0.15) is 6.61 Å². The van der Waals surface area contributed by atoms with Gasteiger partial charge in [0.2, 0.25) is 0 Å². The molecule has 2 aliphatic heterocycles. The number of nitrogens with zero attached hydrogens (tertiary/aromatic N) is 1. The van der Waals surface area contributed by atoms with E-state index >= 15 is 0 Å². The molecule has 3 atom stereocenters. The smallest absolute Gasteiger partial charge is 0.253 e. The first kappa shape index (κ1) is 18.8. The number of carbonyl (C=O) groups is 1. The van der Waals surface area contributed by atoms with E-state index in [1.165, 1.54) is 5.56 Å². The van der Waals surface area contributed by atoms with E-state index in [1.54, 1.807) is 4.90 Å². The predicted octanol–water partition coefficient (Wildman–Crippen LogP) is 2.57. The van der Waals surface area contributed by atoms with E-state index in [0.717, 1.165) is 11.5 Å². The van der Waals surface area contributed by atoms with Gasteiger partial charge in [-0.25, -0.2) is 0 Å². The summed E-state index contributed by atoms with van der Waals surface area (Å²) in [7, 11) is 1.81. The second-order valence-electron chi connectivity index (χ2n) is 7.70. The van der Waals surface area contributed by atoms with Crippen molar-refractivity contribution in [1.29, 1.82) is 0 Å². The lowest BCUT2D eigenvalue weighted by Gasteiger charge is -2.29. The lowest BCUT2D eigenvalue weighted by Crippen LogP contribution is -2.41. The van der Waals surface area contributed by atoms with Crippen molar-refractivity contribution in [1.82, 2.24) is 15.8 Å². The monoisotopic (exact) mass is 381 g/mol. The number of hydrazine groups is 1. The lowest BCUT2D eigenvalue weighted by molar-refractivity contribution is 0.0521. The Balaban J connectivity index is 1.44. The molecule has 6 nitrogen and oxygen atoms in total. The van der Waals surface area contributed by atoms with Crippen LogP contribution in [0.2, 0.25) is 0 Å². The first-order chi connectivity index (χ1) is 13.5. The zero-order chi connectivity index (χ0) is 19.7. The molecule has 0 aromatic heterocycles. The van der Waals surface area contributed by atoms with Crippen molar-refractivity contribution >= 4 is 5.91 Å². The average Bonchev–Trinajstić information content (AvgIpc) is 3.05. The van der Waals surface area contributed by atoms with Crippen LogP contribution in [0.15, 0.2) is 48.5 Å². The van der Waals surface area contributed by atoms with Crippen LogP contribution in [-0.4, -0.2) is 49.2 Å². The van der Waals surface area contributed by atoms with Crippen LogP contribution in [0, 0.1) is 0 Å². The van der Waals surface area contributed by atoms with Crippen molar-refractivity contribution in [3.8, 4) is 11.5 Å². The highest BCUT2D eigenvalue weighted by Crippen LogP contribution is 2.31. The molecule has 28 heavy (non-hydrogen) atoms. The Morgan fingerprint density at radius 2 is 1.79 bits per heavy atom. The van der Waals surface area contributed by atoms with Crippen molar-refractivity contribution < 1.29 is 14.3 Å². The molecule has 1 fully saturated rings. The predicted molar refractivity (Wildman–Crippen MR) is 108 cm³/mol. The van der Waals surface area contributed by atoms with Gasteiger partial charge < -0.3 is 14.4 Å². The molecule has 0 radical (unpaired) electrons. The Hall–Kier alpha value is -2.57. The van der Waals surface area contributed by atoms with Gasteiger partial charge in [0.25, 0.3) is 5.91 Å². The van der Waals surface area contributed by atoms with Crippen LogP contribution in [0.3, 0.4) is 0 Å². The minimum Gasteiger partial charge on any atom is -0.486 e. The van der Waals surface area contributed by atoms with Crippen LogP contribution in [0.1, 0.15) is 35.7 Å². The molecule has 0 aliphatic carbocycles. The van der Waals surface area contributed by atoms with E-state index in [4.69, 9.17) is 9.47 Å². The highest BCUT2D eigenvalue weighted by atomic mass is 16.6. The summed E-state index contributed by atoms with van der Waals surface area (Å²) in [6.45, 7) is 5.21. The molecule has 4 rings (SSSR count). The highest BCUT2D eigenvalue weighted by molar-refractivity contribution is 5.94. The minimum absolute atomic E-state index is 0.0106. The fourth-order valence-corrected chi connectivity index (χ4v) is 4.09. The SMILES string of the molecule is CC1NNC(C)C1c1cccc(C(=O)N(C)CC2COc3ccccc3O2)c1. The Morgan fingerprint density at radius 3 is 2.54 bits per heavy atom. The van der Waals surface area contributed by atoms with Crippen LogP contribution in [0.4, 0.5) is 0 Å². The summed E-state index contributed by atoms with van der Waals surface area (Å²) < 4.78 is 11.7. The zero-order valence-electron chi connectivity index (χ0n) is 16.5. The summed E-state index contributed by atoms with van der Waals surface area (Å²) in [5, 5.41) is 0. The van der Waals surface area contributed by atoms with Crippen LogP contribution in [-0.2, 0) is 0 Å². The molecule has 1 saturated heterocycles. The summed E-state index contributed by atoms with van der Waals surface area (Å²) in [5.74, 6) is 1.79. The fourth-order valence-electron chi connectivity index (χ4n) is 4.09. The minimum atomic E-state index is -0.185. The summed E-state index contributed by atoms with van der Waals surface area (Å²) in [4.78, 5) is 14.7. The van der Waals surface area contributed by atoms with Gasteiger partial charge in [-0.2, -0.15) is 0 Å². The Kier molecular flexibility index (Phi) is 5.24. The molecule has 3 unspecified atom stereocenters. The number of amides is 1. The molecule has 2 aliphatic rings. The average molecular weight is 381 g/mol. The standard InChI is InChI=1S/C22H27N3O3/c1-14-21(15(2)24-23-14)16-7-6-8-17(11-16)22(26)25(3)12-18-13-27-19-9-4-5-10-20(19)28-18/h4-11,14-15,18,21,23-24H,12-13H2,1-3H3. The number of para-hydroxylation sites is 2. The molecular formula is C22H27N3O3. The van der Waals surface area contributed by atoms with Gasteiger partial charge >= 0.3 is 0 Å². The maximum atomic E-state index is 13.0. The summed E-state index contributed by atoms with van der Waals surface area (Å²) in [6, 6.07) is 16.2. The third-order valence-electron chi connectivity index (χ3n) is 5.53. The number of ether oxygens (including phenoxy) is 2. The number of likely N-dealkylation sites (N-methyl/N-ethyl adjacent to an activating group) is 1. The molecule has 0 bridgehead atoms. The lowest BCUT2D eigenvalue weighted by atomic mass is 9.88. The Bertz CT molecular complexity index is 846. The van der Waals surface area contributed by atoms with Crippen LogP contribution >= 0.6 is 0 Å². The van der Waals surface area contributed by atoms with Gasteiger partial charge in [0.15, 0.2) is 17.6 Å². The van der Waals surface area contributed by atoms with Crippen molar-refractivity contribution in [2.24, 2.45) is 0 Å². The third-order valence-corrected chi connectivity index (χ3v) is 5.53. The maximum absolute atomic E-state index is 13.0. The number of benzene rings is 2. The molecule has 6 heteroatoms. The second kappa shape index (κ2) is 7.81. The Morgan fingerprint density at radius 1 is 1.07 bits per heavy atom. The molecule has 2 aromatic rings. The first-order valence-corrected chi connectivity index (χ1v) is 9.78. The number of hydrogen-bond acceptors (Lipinski definition) is 5. The van der Waals surface area contributed by atoms with Crippen molar-refractivity contribution in [2.75, 3.05) is 20.2 Å². The van der Waals surface area contributed by atoms with E-state index in [0.29, 0.717) is 36.7 Å². The van der Waals surface area contributed by atoms with Crippen molar-refractivity contribution in [3.05, 3.63) is 59.7 Å². The molecule has 2 aromatic carbocycles. The van der Waals surface area contributed by atoms with E-state index in [2.05, 4.69) is 30.8 Å². The van der Waals surface area contributed by atoms with Crippen LogP contribution < -0.4 is 20.3 Å². The van der Waals surface area contributed by atoms with E-state index in [-0.39, 0.29) is 12.0 Å². The van der Waals surface area contributed by atoms with Gasteiger partial charge in [-0.15, -0.1) is 0 Å². The number of carbonyl (C=O) groups excluding carboxylic acids is 1. The first-order valence-electron chi connectivity index (χ1n) is 9.78. The molecule has 0 spiro atoms. The number of rotatable bonds is 4. The van der Waals surface area contributed by atoms with E-state index in [1.807, 2.05) is 49.5 Å². The topological polar surface area (TPSA) is 62.8 Å². The van der Waals surface area contributed by atoms with E-state index < -0.39 is 0 Å². The third kappa shape index (κ3) is 3.70. The number of nitrogens with one attached hydrogen (secondary N) is 2. The van der Waals surface area contributed by atoms with E-state index in [9.17, 15) is 4.79 Å². The second-order valence-corrected chi connectivity index (χ2v) is 7.70. The van der Waals surface area contributed by atoms with Gasteiger partial charge in [-0.1, -0.05) is 24.3 Å². The van der Waals surface area contributed by atoms with Crippen molar-refractivity contribution in [3.63, 3.8) is 0 Å². The molecule has 2 heterocycles. The normalized spacial score (nSPS) is 26.1. The summed E-state index contributed by atoms with van der Waals surface area (Å²) >= 11 is 0. The molecular weight excluding hydrogens is 354 g/mol. The van der Waals surface area contributed by atoms with Gasteiger partial charge in [0, 0.05) is 30.6 Å². The maximum Gasteiger partial charge on any atom is 0.253 e. The van der Waals surface area contributed by atoms with Crippen LogP contribution in [0.25, 0.3) is 0 Å².